The number of rotatable bonds is 4. The van der Waals surface area contributed by atoms with E-state index < -0.39 is 0 Å². The highest BCUT2D eigenvalue weighted by Gasteiger charge is 2.20. The molecule has 0 amide bonds. The molecule has 0 rings (SSSR count). The van der Waals surface area contributed by atoms with Crippen LogP contribution in [0.5, 0.6) is 0 Å². The van der Waals surface area contributed by atoms with E-state index in [1.807, 2.05) is 21.0 Å². The van der Waals surface area contributed by atoms with Crippen molar-refractivity contribution in [1.29, 1.82) is 5.26 Å². The minimum Gasteiger partial charge on any atom is -0.303 e. The summed E-state index contributed by atoms with van der Waals surface area (Å²) < 4.78 is 0. The molecule has 0 aliphatic carbocycles. The van der Waals surface area contributed by atoms with Gasteiger partial charge >= 0.3 is 0 Å². The van der Waals surface area contributed by atoms with E-state index in [-0.39, 0.29) is 11.6 Å². The lowest BCUT2D eigenvalue weighted by atomic mass is 10.0. The quantitative estimate of drug-likeness (QED) is 0.677. The zero-order valence-corrected chi connectivity index (χ0v) is 8.68. The van der Waals surface area contributed by atoms with E-state index in [1.165, 1.54) is 0 Å². The number of nitrogens with one attached hydrogen (secondary N) is 1. The normalized spacial score (nSPS) is 14.4. The van der Waals surface area contributed by atoms with Crippen LogP contribution in [0.4, 0.5) is 0 Å². The van der Waals surface area contributed by atoms with Crippen molar-refractivity contribution in [3.8, 4) is 6.07 Å². The molecule has 0 aliphatic rings. The molecule has 1 unspecified atom stereocenters. The van der Waals surface area contributed by atoms with E-state index in [0.29, 0.717) is 0 Å². The lowest BCUT2D eigenvalue weighted by Gasteiger charge is -2.33. The van der Waals surface area contributed by atoms with Crippen molar-refractivity contribution in [2.24, 2.45) is 0 Å². The van der Waals surface area contributed by atoms with E-state index in [4.69, 9.17) is 5.26 Å². The predicted octanol–water partition coefficient (Wildman–Crippen LogP) is 0.828. The lowest BCUT2D eigenvalue weighted by Crippen LogP contribution is -2.48. The largest absolute Gasteiger partial charge is 0.303 e. The first-order valence-corrected chi connectivity index (χ1v) is 4.20. The van der Waals surface area contributed by atoms with Gasteiger partial charge in [0.2, 0.25) is 0 Å². The Morgan fingerprint density at radius 1 is 1.50 bits per heavy atom. The van der Waals surface area contributed by atoms with Crippen molar-refractivity contribution in [2.75, 3.05) is 20.6 Å². The van der Waals surface area contributed by atoms with Gasteiger partial charge < -0.3 is 10.2 Å². The molecule has 70 valence electrons. The highest BCUT2D eigenvalue weighted by molar-refractivity contribution is 4.89. The molecule has 0 radical (unpaired) electrons. The first kappa shape index (κ1) is 11.4. The molecule has 3 heteroatoms. The van der Waals surface area contributed by atoms with E-state index in [1.54, 1.807) is 0 Å². The third kappa shape index (κ3) is 3.70. The summed E-state index contributed by atoms with van der Waals surface area (Å²) >= 11 is 0. The Hall–Kier alpha value is -0.590. The Labute approximate surface area is 75.4 Å². The molecule has 1 N–H and O–H groups in total. The number of likely N-dealkylation sites (N-methyl/N-ethyl adjacent to an activating group) is 1. The second kappa shape index (κ2) is 4.44. The van der Waals surface area contributed by atoms with Crippen molar-refractivity contribution in [3.63, 3.8) is 0 Å². The maximum Gasteiger partial charge on any atom is 0.0925 e. The molecule has 0 heterocycles. The summed E-state index contributed by atoms with van der Waals surface area (Å²) in [5.41, 5.74) is 0.102. The Morgan fingerprint density at radius 3 is 2.33 bits per heavy atom. The summed E-state index contributed by atoms with van der Waals surface area (Å²) in [7, 11) is 4.08. The standard InChI is InChI=1S/C9H19N3/c1-8(6-10)11-7-9(2,3)12(4)5/h8,11H,7H2,1-5H3. The van der Waals surface area contributed by atoms with E-state index in [0.717, 1.165) is 6.54 Å². The SMILES string of the molecule is CC(C#N)NCC(C)(C)N(C)C. The van der Waals surface area contributed by atoms with Gasteiger partial charge in [-0.25, -0.2) is 0 Å². The topological polar surface area (TPSA) is 39.1 Å². The third-order valence-corrected chi connectivity index (χ3v) is 2.25. The zero-order valence-electron chi connectivity index (χ0n) is 8.68. The molecule has 0 fully saturated rings. The van der Waals surface area contributed by atoms with Gasteiger partial charge in [0.05, 0.1) is 12.1 Å². The summed E-state index contributed by atoms with van der Waals surface area (Å²) in [5, 5.41) is 11.7. The van der Waals surface area contributed by atoms with Crippen molar-refractivity contribution in [1.82, 2.24) is 10.2 Å². The number of hydrogen-bond donors (Lipinski definition) is 1. The van der Waals surface area contributed by atoms with Crippen LogP contribution in [0, 0.1) is 11.3 Å². The van der Waals surface area contributed by atoms with Gasteiger partial charge in [0.15, 0.2) is 0 Å². The monoisotopic (exact) mass is 169 g/mol. The molecular weight excluding hydrogens is 150 g/mol. The number of hydrogen-bond acceptors (Lipinski definition) is 3. The molecule has 0 aromatic carbocycles. The van der Waals surface area contributed by atoms with Crippen molar-refractivity contribution < 1.29 is 0 Å². The Morgan fingerprint density at radius 2 is 2.00 bits per heavy atom. The van der Waals surface area contributed by atoms with Gasteiger partial charge in [0.1, 0.15) is 0 Å². The van der Waals surface area contributed by atoms with Crippen LogP contribution in [0.25, 0.3) is 0 Å². The first-order chi connectivity index (χ1) is 5.40. The molecule has 1 atom stereocenters. The van der Waals surface area contributed by atoms with E-state index in [9.17, 15) is 0 Å². The van der Waals surface area contributed by atoms with Crippen LogP contribution < -0.4 is 5.32 Å². The molecule has 3 nitrogen and oxygen atoms in total. The van der Waals surface area contributed by atoms with Gasteiger partial charge in [0.25, 0.3) is 0 Å². The van der Waals surface area contributed by atoms with E-state index in [2.05, 4.69) is 30.1 Å². The molecule has 0 saturated carbocycles. The van der Waals surface area contributed by atoms with Gasteiger partial charge in [-0.05, 0) is 34.9 Å². The van der Waals surface area contributed by atoms with Crippen LogP contribution in [-0.4, -0.2) is 37.1 Å². The predicted molar refractivity (Wildman–Crippen MR) is 50.8 cm³/mol. The van der Waals surface area contributed by atoms with Crippen LogP contribution in [0.15, 0.2) is 0 Å². The van der Waals surface area contributed by atoms with Gasteiger partial charge in [-0.3, -0.25) is 0 Å². The zero-order chi connectivity index (χ0) is 9.78. The third-order valence-electron chi connectivity index (χ3n) is 2.25. The fraction of sp³-hybridized carbons (Fsp3) is 0.889. The van der Waals surface area contributed by atoms with Crippen LogP contribution in [0.1, 0.15) is 20.8 Å². The van der Waals surface area contributed by atoms with Crippen molar-refractivity contribution >= 4 is 0 Å². The van der Waals surface area contributed by atoms with Crippen LogP contribution in [-0.2, 0) is 0 Å². The second-order valence-electron chi connectivity index (χ2n) is 3.94. The van der Waals surface area contributed by atoms with Crippen LogP contribution >= 0.6 is 0 Å². The minimum atomic E-state index is -0.0655. The average molecular weight is 169 g/mol. The maximum absolute atomic E-state index is 8.54. The smallest absolute Gasteiger partial charge is 0.0925 e. The summed E-state index contributed by atoms with van der Waals surface area (Å²) in [5.74, 6) is 0. The summed E-state index contributed by atoms with van der Waals surface area (Å²) in [4.78, 5) is 2.14. The Bertz CT molecular complexity index is 167. The molecule has 0 saturated heterocycles. The van der Waals surface area contributed by atoms with Crippen LogP contribution in [0.2, 0.25) is 0 Å². The molecular formula is C9H19N3. The summed E-state index contributed by atoms with van der Waals surface area (Å²) in [6.45, 7) is 6.98. The second-order valence-corrected chi connectivity index (χ2v) is 3.94. The summed E-state index contributed by atoms with van der Waals surface area (Å²) in [6, 6.07) is 2.08. The van der Waals surface area contributed by atoms with Gasteiger partial charge in [0, 0.05) is 12.1 Å². The number of nitriles is 1. The molecule has 0 bridgehead atoms. The Balaban J connectivity index is 3.85. The molecule has 0 spiro atoms. The fourth-order valence-corrected chi connectivity index (χ4v) is 0.607. The molecule has 0 aromatic rings. The molecule has 12 heavy (non-hydrogen) atoms. The minimum absolute atomic E-state index is 0.0655. The molecule has 0 aromatic heterocycles. The molecule has 0 aliphatic heterocycles. The maximum atomic E-state index is 8.54. The highest BCUT2D eigenvalue weighted by Crippen LogP contribution is 2.07. The highest BCUT2D eigenvalue weighted by atomic mass is 15.2. The lowest BCUT2D eigenvalue weighted by molar-refractivity contribution is 0.188. The summed E-state index contributed by atoms with van der Waals surface area (Å²) in [6.07, 6.45) is 0. The van der Waals surface area contributed by atoms with Crippen molar-refractivity contribution in [3.05, 3.63) is 0 Å². The van der Waals surface area contributed by atoms with Crippen LogP contribution in [0.3, 0.4) is 0 Å². The van der Waals surface area contributed by atoms with Crippen molar-refractivity contribution in [2.45, 2.75) is 32.4 Å². The fourth-order valence-electron chi connectivity index (χ4n) is 0.607. The van der Waals surface area contributed by atoms with Gasteiger partial charge in [-0.1, -0.05) is 0 Å². The van der Waals surface area contributed by atoms with Gasteiger partial charge in [-0.15, -0.1) is 0 Å². The number of nitrogens with zero attached hydrogens (tertiary/aromatic N) is 2. The Kier molecular flexibility index (Phi) is 4.22. The van der Waals surface area contributed by atoms with E-state index >= 15 is 0 Å². The van der Waals surface area contributed by atoms with Gasteiger partial charge in [-0.2, -0.15) is 5.26 Å². The average Bonchev–Trinajstić information content (AvgIpc) is 2.00. The first-order valence-electron chi connectivity index (χ1n) is 4.20.